The maximum Gasteiger partial charge on any atom is 0.316 e. The van der Waals surface area contributed by atoms with E-state index in [1.54, 1.807) is 0 Å². The molecule has 1 rings (SSSR count). The van der Waals surface area contributed by atoms with Crippen molar-refractivity contribution in [2.45, 2.75) is 45.3 Å². The van der Waals surface area contributed by atoms with Crippen LogP contribution < -0.4 is 5.73 Å². The summed E-state index contributed by atoms with van der Waals surface area (Å²) in [6.07, 6.45) is 0.778. The number of aryl methyl sites for hydroxylation is 1. The van der Waals surface area contributed by atoms with Crippen LogP contribution in [0.2, 0.25) is 0 Å². The van der Waals surface area contributed by atoms with Crippen LogP contribution >= 0.6 is 8.25 Å². The fourth-order valence-corrected chi connectivity index (χ4v) is 2.78. The minimum absolute atomic E-state index is 0.457. The number of hydrogen-bond donors (Lipinski definition) is 2. The molecule has 3 N–H and O–H groups in total. The maximum atomic E-state index is 10.9. The molecule has 0 aliphatic carbocycles. The topological polar surface area (TPSA) is 72.5 Å². The standard InChI is InChI=1S/C13H22NO3P/c1-4-12(17-18(15)16)13(14,5-2)11-8-6-10(3)7-9-11/h6-9,12,18H,4-5,14H2,1-3H3,(H,15,16). The van der Waals surface area contributed by atoms with Crippen LogP contribution in [0, 0.1) is 6.92 Å². The first-order valence-electron chi connectivity index (χ1n) is 6.19. The Morgan fingerprint density at radius 1 is 1.39 bits per heavy atom. The first kappa shape index (κ1) is 15.4. The summed E-state index contributed by atoms with van der Waals surface area (Å²) in [4.78, 5) is 8.97. The van der Waals surface area contributed by atoms with Gasteiger partial charge in [0, 0.05) is 0 Å². The van der Waals surface area contributed by atoms with E-state index in [2.05, 4.69) is 0 Å². The Balaban J connectivity index is 3.09. The summed E-state index contributed by atoms with van der Waals surface area (Å²) in [5.41, 5.74) is 7.77. The van der Waals surface area contributed by atoms with Crippen LogP contribution in [0.15, 0.2) is 24.3 Å². The van der Waals surface area contributed by atoms with Gasteiger partial charge < -0.3 is 15.2 Å². The summed E-state index contributed by atoms with van der Waals surface area (Å²) in [6.45, 7) is 5.87. The Kier molecular flexibility index (Phi) is 5.54. The van der Waals surface area contributed by atoms with E-state index in [0.717, 1.165) is 11.1 Å². The van der Waals surface area contributed by atoms with Gasteiger partial charge in [-0.15, -0.1) is 0 Å². The molecule has 102 valence electrons. The third-order valence-corrected chi connectivity index (χ3v) is 3.85. The molecular formula is C13H22NO3P. The predicted octanol–water partition coefficient (Wildman–Crippen LogP) is 2.74. The normalized spacial score (nSPS) is 18.1. The Morgan fingerprint density at radius 2 is 1.94 bits per heavy atom. The molecule has 0 amide bonds. The summed E-state index contributed by atoms with van der Waals surface area (Å²) in [7, 11) is -2.98. The number of rotatable bonds is 6. The molecule has 0 aromatic heterocycles. The minimum atomic E-state index is -2.98. The molecule has 3 atom stereocenters. The average molecular weight is 271 g/mol. The van der Waals surface area contributed by atoms with Crippen molar-refractivity contribution in [3.05, 3.63) is 35.4 Å². The van der Waals surface area contributed by atoms with Crippen molar-refractivity contribution in [2.24, 2.45) is 5.73 Å². The second-order valence-corrected chi connectivity index (χ2v) is 5.31. The third-order valence-electron chi connectivity index (χ3n) is 3.36. The summed E-state index contributed by atoms with van der Waals surface area (Å²) < 4.78 is 16.0. The second-order valence-electron chi connectivity index (χ2n) is 4.54. The molecule has 0 bridgehead atoms. The monoisotopic (exact) mass is 271 g/mol. The van der Waals surface area contributed by atoms with Crippen molar-refractivity contribution in [1.82, 2.24) is 0 Å². The van der Waals surface area contributed by atoms with Gasteiger partial charge in [0.25, 0.3) is 0 Å². The summed E-state index contributed by atoms with van der Waals surface area (Å²) in [5, 5.41) is 0. The van der Waals surface area contributed by atoms with E-state index in [1.165, 1.54) is 0 Å². The van der Waals surface area contributed by atoms with Gasteiger partial charge in [0.05, 0.1) is 11.6 Å². The molecule has 1 aromatic rings. The molecule has 0 aliphatic heterocycles. The fraction of sp³-hybridized carbons (Fsp3) is 0.538. The van der Waals surface area contributed by atoms with E-state index in [4.69, 9.17) is 15.2 Å². The third kappa shape index (κ3) is 3.42. The number of hydrogen-bond acceptors (Lipinski definition) is 3. The Morgan fingerprint density at radius 3 is 2.33 bits per heavy atom. The molecule has 0 aliphatic rings. The Bertz CT molecular complexity index is 407. The zero-order chi connectivity index (χ0) is 13.8. The Labute approximate surface area is 109 Å². The molecule has 0 heterocycles. The molecule has 5 heteroatoms. The molecular weight excluding hydrogens is 249 g/mol. The lowest BCUT2D eigenvalue weighted by Crippen LogP contribution is -2.47. The second kappa shape index (κ2) is 6.48. The molecule has 0 radical (unpaired) electrons. The summed E-state index contributed by atoms with van der Waals surface area (Å²) in [5.74, 6) is 0. The van der Waals surface area contributed by atoms with Gasteiger partial charge in [-0.25, -0.2) is 0 Å². The van der Waals surface area contributed by atoms with Crippen LogP contribution in [-0.2, 0) is 14.6 Å². The summed E-state index contributed by atoms with van der Waals surface area (Å²) >= 11 is 0. The minimum Gasteiger partial charge on any atom is -0.326 e. The van der Waals surface area contributed by atoms with E-state index in [0.29, 0.717) is 12.8 Å². The molecule has 0 fully saturated rings. The molecule has 3 unspecified atom stereocenters. The van der Waals surface area contributed by atoms with E-state index in [1.807, 2.05) is 45.0 Å². The quantitative estimate of drug-likeness (QED) is 0.780. The van der Waals surface area contributed by atoms with E-state index < -0.39 is 19.9 Å². The van der Waals surface area contributed by atoms with Gasteiger partial charge in [-0.1, -0.05) is 43.7 Å². The van der Waals surface area contributed by atoms with Gasteiger partial charge >= 0.3 is 8.25 Å². The van der Waals surface area contributed by atoms with Crippen molar-refractivity contribution in [3.8, 4) is 0 Å². The van der Waals surface area contributed by atoms with Crippen LogP contribution in [0.5, 0.6) is 0 Å². The van der Waals surface area contributed by atoms with Crippen LogP contribution in [-0.4, -0.2) is 11.0 Å². The highest BCUT2D eigenvalue weighted by molar-refractivity contribution is 7.32. The van der Waals surface area contributed by atoms with Gasteiger partial charge in [-0.2, -0.15) is 0 Å². The zero-order valence-corrected chi connectivity index (χ0v) is 12.1. The van der Waals surface area contributed by atoms with E-state index >= 15 is 0 Å². The van der Waals surface area contributed by atoms with Gasteiger partial charge in [-0.05, 0) is 25.3 Å². The first-order valence-corrected chi connectivity index (χ1v) is 7.46. The van der Waals surface area contributed by atoms with Gasteiger partial charge in [0.15, 0.2) is 0 Å². The zero-order valence-electron chi connectivity index (χ0n) is 11.1. The maximum absolute atomic E-state index is 10.9. The van der Waals surface area contributed by atoms with Crippen LogP contribution in [0.3, 0.4) is 0 Å². The van der Waals surface area contributed by atoms with Crippen molar-refractivity contribution < 1.29 is 14.0 Å². The van der Waals surface area contributed by atoms with Crippen molar-refractivity contribution >= 4 is 8.25 Å². The Hall–Kier alpha value is -0.670. The summed E-state index contributed by atoms with van der Waals surface area (Å²) in [6, 6.07) is 7.89. The van der Waals surface area contributed by atoms with Crippen LogP contribution in [0.4, 0.5) is 0 Å². The molecule has 18 heavy (non-hydrogen) atoms. The van der Waals surface area contributed by atoms with Gasteiger partial charge in [0.2, 0.25) is 0 Å². The lowest BCUT2D eigenvalue weighted by atomic mass is 9.81. The highest BCUT2D eigenvalue weighted by atomic mass is 31.1. The molecule has 1 aromatic carbocycles. The largest absolute Gasteiger partial charge is 0.326 e. The molecule has 4 nitrogen and oxygen atoms in total. The van der Waals surface area contributed by atoms with Crippen molar-refractivity contribution in [1.29, 1.82) is 0 Å². The number of benzene rings is 1. The molecule has 0 spiro atoms. The predicted molar refractivity (Wildman–Crippen MR) is 73.7 cm³/mol. The smallest absolute Gasteiger partial charge is 0.316 e. The fourth-order valence-electron chi connectivity index (χ4n) is 2.16. The van der Waals surface area contributed by atoms with Crippen LogP contribution in [0.25, 0.3) is 0 Å². The van der Waals surface area contributed by atoms with E-state index in [-0.39, 0.29) is 0 Å². The highest BCUT2D eigenvalue weighted by Crippen LogP contribution is 2.34. The lowest BCUT2D eigenvalue weighted by molar-refractivity contribution is 0.0948. The highest BCUT2D eigenvalue weighted by Gasteiger charge is 2.35. The van der Waals surface area contributed by atoms with E-state index in [9.17, 15) is 4.57 Å². The van der Waals surface area contributed by atoms with Crippen molar-refractivity contribution in [3.63, 3.8) is 0 Å². The SMILES string of the molecule is CCC(O[PH](=O)O)C(N)(CC)c1ccc(C)cc1. The first-order chi connectivity index (χ1) is 8.43. The lowest BCUT2D eigenvalue weighted by Gasteiger charge is -2.36. The molecule has 0 saturated heterocycles. The van der Waals surface area contributed by atoms with Crippen molar-refractivity contribution in [2.75, 3.05) is 0 Å². The van der Waals surface area contributed by atoms with Gasteiger partial charge in [0.1, 0.15) is 0 Å². The molecule has 0 saturated carbocycles. The number of nitrogens with two attached hydrogens (primary N) is 1. The van der Waals surface area contributed by atoms with Gasteiger partial charge in [-0.3, -0.25) is 4.57 Å². The van der Waals surface area contributed by atoms with Crippen LogP contribution in [0.1, 0.15) is 37.8 Å². The average Bonchev–Trinajstić information content (AvgIpc) is 2.35.